The summed E-state index contributed by atoms with van der Waals surface area (Å²) in [5, 5.41) is 4.89. The van der Waals surface area contributed by atoms with Gasteiger partial charge in [-0.1, -0.05) is 0 Å². The standard InChI is InChI=1S/C11H15N5O3/c1-2-12-9(17)7-8(10(18)15-19)14-11(13-7)16-5-3-4-6-16/h2-6H2,1H3,(H,12,17)(H,13,14). The molecular formula is C11H15N5O3. The average Bonchev–Trinajstić information content (AvgIpc) is 3.06. The van der Waals surface area contributed by atoms with Gasteiger partial charge in [-0.3, -0.25) is 9.59 Å². The highest BCUT2D eigenvalue weighted by atomic mass is 16.3. The zero-order valence-electron chi connectivity index (χ0n) is 10.6. The summed E-state index contributed by atoms with van der Waals surface area (Å²) < 4.78 is 0. The van der Waals surface area contributed by atoms with Gasteiger partial charge in [0.05, 0.1) is 0 Å². The summed E-state index contributed by atoms with van der Waals surface area (Å²) in [5.74, 6) is -1.07. The summed E-state index contributed by atoms with van der Waals surface area (Å²) in [5.41, 5.74) is -0.226. The first kappa shape index (κ1) is 13.2. The minimum absolute atomic E-state index is 0.0756. The lowest BCUT2D eigenvalue weighted by Crippen LogP contribution is -2.25. The summed E-state index contributed by atoms with van der Waals surface area (Å²) >= 11 is 0. The molecule has 1 aromatic heterocycles. The Morgan fingerprint density at radius 1 is 1.42 bits per heavy atom. The van der Waals surface area contributed by atoms with Crippen LogP contribution in [0.5, 0.6) is 0 Å². The van der Waals surface area contributed by atoms with E-state index in [2.05, 4.69) is 20.5 Å². The number of amides is 2. The predicted molar refractivity (Wildman–Crippen MR) is 68.2 cm³/mol. The van der Waals surface area contributed by atoms with Crippen molar-refractivity contribution in [3.63, 3.8) is 0 Å². The number of rotatable bonds is 4. The molecule has 8 nitrogen and oxygen atoms in total. The molecule has 19 heavy (non-hydrogen) atoms. The number of carbonyl (C=O) groups is 2. The van der Waals surface area contributed by atoms with E-state index in [9.17, 15) is 14.5 Å². The second-order valence-corrected chi connectivity index (χ2v) is 4.23. The molecule has 0 aliphatic carbocycles. The van der Waals surface area contributed by atoms with Crippen LogP contribution in [0.3, 0.4) is 0 Å². The number of aromatic amines is 1. The Kier molecular flexibility index (Phi) is 3.88. The minimum atomic E-state index is -1.01. The maximum atomic E-state index is 11.8. The quantitative estimate of drug-likeness (QED) is 0.778. The van der Waals surface area contributed by atoms with Gasteiger partial charge in [0.25, 0.3) is 5.91 Å². The molecule has 2 rings (SSSR count). The number of imidazole rings is 1. The Bertz CT molecular complexity index is 504. The second-order valence-electron chi connectivity index (χ2n) is 4.23. The summed E-state index contributed by atoms with van der Waals surface area (Å²) in [7, 11) is 0. The molecule has 1 aromatic rings. The number of aromatic nitrogens is 2. The van der Waals surface area contributed by atoms with Crippen molar-refractivity contribution in [3.05, 3.63) is 16.3 Å². The van der Waals surface area contributed by atoms with Crippen molar-refractivity contribution in [1.29, 1.82) is 0 Å². The van der Waals surface area contributed by atoms with Crippen LogP contribution in [-0.2, 0) is 0 Å². The van der Waals surface area contributed by atoms with E-state index in [-0.39, 0.29) is 11.4 Å². The van der Waals surface area contributed by atoms with E-state index in [4.69, 9.17) is 0 Å². The zero-order valence-corrected chi connectivity index (χ0v) is 10.6. The van der Waals surface area contributed by atoms with Gasteiger partial charge in [-0.2, -0.15) is 0 Å². The first-order valence-corrected chi connectivity index (χ1v) is 6.18. The molecule has 1 saturated heterocycles. The fourth-order valence-corrected chi connectivity index (χ4v) is 2.05. The number of nitroso groups, excluding NO2 is 1. The molecule has 0 spiro atoms. The van der Waals surface area contributed by atoms with Crippen LogP contribution < -0.4 is 10.2 Å². The van der Waals surface area contributed by atoms with Crippen LogP contribution in [0.15, 0.2) is 5.18 Å². The molecule has 2 amide bonds. The third kappa shape index (κ3) is 2.61. The van der Waals surface area contributed by atoms with Crippen molar-refractivity contribution in [1.82, 2.24) is 15.3 Å². The van der Waals surface area contributed by atoms with Gasteiger partial charge in [-0.15, -0.1) is 4.91 Å². The Hall–Kier alpha value is -2.25. The van der Waals surface area contributed by atoms with Crippen LogP contribution in [0, 0.1) is 4.91 Å². The molecule has 0 unspecified atom stereocenters. The summed E-state index contributed by atoms with van der Waals surface area (Å²) in [6.45, 7) is 3.79. The second kappa shape index (κ2) is 5.59. The molecule has 102 valence electrons. The summed E-state index contributed by atoms with van der Waals surface area (Å²) in [4.78, 5) is 42.4. The molecule has 0 aromatic carbocycles. The molecule has 0 radical (unpaired) electrons. The molecule has 2 N–H and O–H groups in total. The van der Waals surface area contributed by atoms with E-state index in [0.717, 1.165) is 25.9 Å². The monoisotopic (exact) mass is 265 g/mol. The maximum absolute atomic E-state index is 11.8. The van der Waals surface area contributed by atoms with Crippen molar-refractivity contribution in [2.75, 3.05) is 24.5 Å². The van der Waals surface area contributed by atoms with Crippen molar-refractivity contribution in [3.8, 4) is 0 Å². The molecule has 0 saturated carbocycles. The Labute approximate surface area is 109 Å². The lowest BCUT2D eigenvalue weighted by Gasteiger charge is -2.12. The summed E-state index contributed by atoms with van der Waals surface area (Å²) in [6, 6.07) is 0. The van der Waals surface area contributed by atoms with Gasteiger partial charge in [0.2, 0.25) is 5.95 Å². The number of hydrogen-bond donors (Lipinski definition) is 2. The van der Waals surface area contributed by atoms with Crippen molar-refractivity contribution >= 4 is 17.8 Å². The van der Waals surface area contributed by atoms with Crippen LogP contribution in [0.2, 0.25) is 0 Å². The number of H-pyrrole nitrogens is 1. The Balaban J connectivity index is 2.35. The summed E-state index contributed by atoms with van der Waals surface area (Å²) in [6.07, 6.45) is 2.07. The third-order valence-corrected chi connectivity index (χ3v) is 2.95. The average molecular weight is 265 g/mol. The first-order chi connectivity index (χ1) is 9.17. The maximum Gasteiger partial charge on any atom is 0.335 e. The van der Waals surface area contributed by atoms with Gasteiger partial charge in [-0.25, -0.2) is 4.98 Å². The fraction of sp³-hybridized carbons (Fsp3) is 0.545. The lowest BCUT2D eigenvalue weighted by atomic mass is 10.3. The first-order valence-electron chi connectivity index (χ1n) is 6.18. The van der Waals surface area contributed by atoms with E-state index < -0.39 is 11.8 Å². The highest BCUT2D eigenvalue weighted by Gasteiger charge is 2.26. The van der Waals surface area contributed by atoms with Crippen LogP contribution >= 0.6 is 0 Å². The third-order valence-electron chi connectivity index (χ3n) is 2.95. The van der Waals surface area contributed by atoms with E-state index in [1.807, 2.05) is 4.90 Å². The predicted octanol–water partition coefficient (Wildman–Crippen LogP) is 0.666. The number of nitrogens with one attached hydrogen (secondary N) is 2. The SMILES string of the molecule is CCNC(=O)c1nc(N2CCCC2)[nH]c1C(=O)N=O. The number of nitrogens with zero attached hydrogens (tertiary/aromatic N) is 3. The molecule has 8 heteroatoms. The van der Waals surface area contributed by atoms with Gasteiger partial charge < -0.3 is 15.2 Å². The van der Waals surface area contributed by atoms with E-state index >= 15 is 0 Å². The van der Waals surface area contributed by atoms with Crippen molar-refractivity contribution in [2.24, 2.45) is 5.18 Å². The molecular weight excluding hydrogens is 250 g/mol. The van der Waals surface area contributed by atoms with Crippen LogP contribution in [0.25, 0.3) is 0 Å². The molecule has 1 aliphatic heterocycles. The van der Waals surface area contributed by atoms with Crippen LogP contribution in [0.4, 0.5) is 5.95 Å². The molecule has 0 atom stereocenters. The number of anilines is 1. The van der Waals surface area contributed by atoms with Gasteiger partial charge in [-0.05, 0) is 19.8 Å². The van der Waals surface area contributed by atoms with Crippen LogP contribution in [-0.4, -0.2) is 41.4 Å². The normalized spacial score (nSPS) is 14.5. The Morgan fingerprint density at radius 3 is 2.68 bits per heavy atom. The highest BCUT2D eigenvalue weighted by molar-refractivity contribution is 6.05. The van der Waals surface area contributed by atoms with Crippen LogP contribution in [0.1, 0.15) is 40.7 Å². The fourth-order valence-electron chi connectivity index (χ4n) is 2.05. The van der Waals surface area contributed by atoms with Gasteiger partial charge in [0.1, 0.15) is 5.69 Å². The topological polar surface area (TPSA) is 108 Å². The number of carbonyl (C=O) groups excluding carboxylic acids is 2. The van der Waals surface area contributed by atoms with Crippen molar-refractivity contribution < 1.29 is 9.59 Å². The number of hydrogen-bond acceptors (Lipinski definition) is 5. The molecule has 1 fully saturated rings. The smallest absolute Gasteiger partial charge is 0.335 e. The zero-order chi connectivity index (χ0) is 13.8. The molecule has 2 heterocycles. The largest absolute Gasteiger partial charge is 0.351 e. The Morgan fingerprint density at radius 2 is 2.11 bits per heavy atom. The van der Waals surface area contributed by atoms with Gasteiger partial charge in [0.15, 0.2) is 5.69 Å². The van der Waals surface area contributed by atoms with E-state index in [1.165, 1.54) is 0 Å². The molecule has 1 aliphatic rings. The lowest BCUT2D eigenvalue weighted by molar-refractivity contribution is 0.0933. The van der Waals surface area contributed by atoms with Gasteiger partial charge in [0, 0.05) is 24.8 Å². The van der Waals surface area contributed by atoms with E-state index in [0.29, 0.717) is 12.5 Å². The van der Waals surface area contributed by atoms with Gasteiger partial charge >= 0.3 is 5.91 Å². The molecule has 0 bridgehead atoms. The highest BCUT2D eigenvalue weighted by Crippen LogP contribution is 2.19. The van der Waals surface area contributed by atoms with E-state index in [1.54, 1.807) is 6.92 Å². The van der Waals surface area contributed by atoms with Crippen molar-refractivity contribution in [2.45, 2.75) is 19.8 Å². The minimum Gasteiger partial charge on any atom is -0.351 e.